The third-order valence-corrected chi connectivity index (χ3v) is 4.63. The van der Waals surface area contributed by atoms with Crippen molar-refractivity contribution in [3.63, 3.8) is 0 Å². The molecule has 1 heterocycles. The fraction of sp³-hybridized carbons (Fsp3) is 0.533. The van der Waals surface area contributed by atoms with Gasteiger partial charge in [-0.2, -0.15) is 0 Å². The van der Waals surface area contributed by atoms with E-state index in [-0.39, 0.29) is 11.7 Å². The summed E-state index contributed by atoms with van der Waals surface area (Å²) in [4.78, 5) is 16.2. The number of hydrogen-bond donors (Lipinski definition) is 0. The summed E-state index contributed by atoms with van der Waals surface area (Å²) >= 11 is 0. The summed E-state index contributed by atoms with van der Waals surface area (Å²) in [7, 11) is -2.92. The highest BCUT2D eigenvalue weighted by Crippen LogP contribution is 2.07. The minimum atomic E-state index is -2.92. The molecule has 21 heavy (non-hydrogen) atoms. The van der Waals surface area contributed by atoms with Crippen LogP contribution < -0.4 is 0 Å². The van der Waals surface area contributed by atoms with Crippen LogP contribution in [0.5, 0.6) is 0 Å². The van der Waals surface area contributed by atoms with E-state index in [0.29, 0.717) is 26.1 Å². The molecule has 1 aromatic rings. The molecule has 0 aliphatic carbocycles. The minimum absolute atomic E-state index is 0.143. The third kappa shape index (κ3) is 5.47. The van der Waals surface area contributed by atoms with Crippen molar-refractivity contribution in [2.45, 2.75) is 6.42 Å². The molecule has 6 heteroatoms. The van der Waals surface area contributed by atoms with Gasteiger partial charge in [-0.3, -0.25) is 9.69 Å². The van der Waals surface area contributed by atoms with Gasteiger partial charge in [-0.15, -0.1) is 0 Å². The molecule has 1 amide bonds. The molecule has 0 radical (unpaired) electrons. The second-order valence-corrected chi connectivity index (χ2v) is 7.77. The van der Waals surface area contributed by atoms with Crippen molar-refractivity contribution in [2.24, 2.45) is 0 Å². The smallest absolute Gasteiger partial charge is 0.227 e. The molecule has 0 spiro atoms. The standard InChI is InChI=1S/C15H22N2O3S/c1-21(19,20)12-11-16-7-9-17(10-8-16)15(18)13-14-5-3-2-4-6-14/h2-6H,7-13H2,1H3. The number of piperazine rings is 1. The molecular weight excluding hydrogens is 288 g/mol. The van der Waals surface area contributed by atoms with Crippen molar-refractivity contribution in [3.05, 3.63) is 35.9 Å². The molecular formula is C15H22N2O3S. The summed E-state index contributed by atoms with van der Waals surface area (Å²) in [6.07, 6.45) is 1.69. The van der Waals surface area contributed by atoms with Crippen LogP contribution in [0.3, 0.4) is 0 Å². The predicted octanol–water partition coefficient (Wildman–Crippen LogP) is 0.418. The summed E-state index contributed by atoms with van der Waals surface area (Å²) < 4.78 is 22.3. The van der Waals surface area contributed by atoms with Gasteiger partial charge < -0.3 is 4.90 Å². The number of benzene rings is 1. The van der Waals surface area contributed by atoms with Crippen molar-refractivity contribution >= 4 is 15.7 Å². The van der Waals surface area contributed by atoms with E-state index < -0.39 is 9.84 Å². The second kappa shape index (κ2) is 7.04. The molecule has 1 aliphatic heterocycles. The number of carbonyl (C=O) groups excluding carboxylic acids is 1. The zero-order valence-corrected chi connectivity index (χ0v) is 13.2. The van der Waals surface area contributed by atoms with Gasteiger partial charge in [0.05, 0.1) is 12.2 Å². The molecule has 1 fully saturated rings. The molecule has 5 nitrogen and oxygen atoms in total. The van der Waals surface area contributed by atoms with Crippen LogP contribution in [0.2, 0.25) is 0 Å². The van der Waals surface area contributed by atoms with E-state index in [9.17, 15) is 13.2 Å². The lowest BCUT2D eigenvalue weighted by Gasteiger charge is -2.34. The topological polar surface area (TPSA) is 57.7 Å². The number of carbonyl (C=O) groups is 1. The molecule has 0 atom stereocenters. The molecule has 1 saturated heterocycles. The van der Waals surface area contributed by atoms with E-state index in [1.54, 1.807) is 0 Å². The largest absolute Gasteiger partial charge is 0.340 e. The van der Waals surface area contributed by atoms with Crippen LogP contribution in [-0.4, -0.2) is 68.9 Å². The maximum absolute atomic E-state index is 12.2. The highest BCUT2D eigenvalue weighted by molar-refractivity contribution is 7.90. The number of rotatable bonds is 5. The first-order valence-electron chi connectivity index (χ1n) is 7.16. The van der Waals surface area contributed by atoms with E-state index in [1.165, 1.54) is 6.26 Å². The fourth-order valence-electron chi connectivity index (χ4n) is 2.40. The maximum Gasteiger partial charge on any atom is 0.227 e. The Morgan fingerprint density at radius 2 is 1.71 bits per heavy atom. The van der Waals surface area contributed by atoms with Crippen LogP contribution >= 0.6 is 0 Å². The Hall–Kier alpha value is -1.40. The monoisotopic (exact) mass is 310 g/mol. The lowest BCUT2D eigenvalue weighted by Crippen LogP contribution is -2.50. The SMILES string of the molecule is CS(=O)(=O)CCN1CCN(C(=O)Cc2ccccc2)CC1. The van der Waals surface area contributed by atoms with Gasteiger partial charge in [0.1, 0.15) is 9.84 Å². The fourth-order valence-corrected chi connectivity index (χ4v) is 2.99. The lowest BCUT2D eigenvalue weighted by molar-refractivity contribution is -0.132. The Kier molecular flexibility index (Phi) is 5.36. The van der Waals surface area contributed by atoms with E-state index in [4.69, 9.17) is 0 Å². The Morgan fingerprint density at radius 1 is 1.10 bits per heavy atom. The molecule has 0 N–H and O–H groups in total. The molecule has 1 aliphatic rings. The molecule has 0 aromatic heterocycles. The number of nitrogens with zero attached hydrogens (tertiary/aromatic N) is 2. The Bertz CT molecular complexity index is 564. The van der Waals surface area contributed by atoms with E-state index in [0.717, 1.165) is 18.7 Å². The van der Waals surface area contributed by atoms with Crippen molar-refractivity contribution < 1.29 is 13.2 Å². The van der Waals surface area contributed by atoms with Crippen LogP contribution in [0.1, 0.15) is 5.56 Å². The van der Waals surface area contributed by atoms with Crippen molar-refractivity contribution in [1.82, 2.24) is 9.80 Å². The van der Waals surface area contributed by atoms with E-state index in [2.05, 4.69) is 4.90 Å². The molecule has 0 unspecified atom stereocenters. The summed E-state index contributed by atoms with van der Waals surface area (Å²) in [6, 6.07) is 9.73. The van der Waals surface area contributed by atoms with Gasteiger partial charge >= 0.3 is 0 Å². The second-order valence-electron chi connectivity index (χ2n) is 5.51. The van der Waals surface area contributed by atoms with Crippen LogP contribution in [0.25, 0.3) is 0 Å². The predicted molar refractivity (Wildman–Crippen MR) is 82.9 cm³/mol. The van der Waals surface area contributed by atoms with Crippen molar-refractivity contribution in [2.75, 3.05) is 44.7 Å². The summed E-state index contributed by atoms with van der Waals surface area (Å²) in [5, 5.41) is 0. The van der Waals surface area contributed by atoms with Gasteiger partial charge in [0.15, 0.2) is 0 Å². The molecule has 0 bridgehead atoms. The number of amides is 1. The van der Waals surface area contributed by atoms with Gasteiger partial charge in [0.25, 0.3) is 0 Å². The average molecular weight is 310 g/mol. The third-order valence-electron chi connectivity index (χ3n) is 3.70. The van der Waals surface area contributed by atoms with Crippen molar-refractivity contribution in [1.29, 1.82) is 0 Å². The molecule has 1 aromatic carbocycles. The average Bonchev–Trinajstić information content (AvgIpc) is 2.46. The van der Waals surface area contributed by atoms with Crippen LogP contribution in [0.15, 0.2) is 30.3 Å². The molecule has 2 rings (SSSR count). The highest BCUT2D eigenvalue weighted by atomic mass is 32.2. The Balaban J connectivity index is 1.77. The first-order chi connectivity index (χ1) is 9.94. The quantitative estimate of drug-likeness (QED) is 0.791. The number of hydrogen-bond acceptors (Lipinski definition) is 4. The normalized spacial score (nSPS) is 16.9. The zero-order chi connectivity index (χ0) is 15.3. The van der Waals surface area contributed by atoms with Crippen LogP contribution in [0.4, 0.5) is 0 Å². The van der Waals surface area contributed by atoms with E-state index in [1.807, 2.05) is 35.2 Å². The van der Waals surface area contributed by atoms with Crippen molar-refractivity contribution in [3.8, 4) is 0 Å². The Labute approximate surface area is 126 Å². The van der Waals surface area contributed by atoms with Gasteiger partial charge in [0.2, 0.25) is 5.91 Å². The molecule has 0 saturated carbocycles. The first kappa shape index (κ1) is 16.0. The maximum atomic E-state index is 12.2. The Morgan fingerprint density at radius 3 is 2.29 bits per heavy atom. The van der Waals surface area contributed by atoms with Gasteiger partial charge in [-0.1, -0.05) is 30.3 Å². The zero-order valence-electron chi connectivity index (χ0n) is 12.4. The summed E-state index contributed by atoms with van der Waals surface area (Å²) in [5.41, 5.74) is 1.03. The van der Waals surface area contributed by atoms with Crippen LogP contribution in [0, 0.1) is 0 Å². The first-order valence-corrected chi connectivity index (χ1v) is 9.22. The van der Waals surface area contributed by atoms with Gasteiger partial charge in [-0.05, 0) is 5.56 Å². The lowest BCUT2D eigenvalue weighted by atomic mass is 10.1. The highest BCUT2D eigenvalue weighted by Gasteiger charge is 2.21. The summed E-state index contributed by atoms with van der Waals surface area (Å²) in [5.74, 6) is 0.328. The molecule has 116 valence electrons. The minimum Gasteiger partial charge on any atom is -0.340 e. The van der Waals surface area contributed by atoms with Gasteiger partial charge in [0, 0.05) is 39.0 Å². The van der Waals surface area contributed by atoms with Gasteiger partial charge in [-0.25, -0.2) is 8.42 Å². The summed E-state index contributed by atoms with van der Waals surface area (Å²) in [6.45, 7) is 3.40. The number of sulfone groups is 1. The van der Waals surface area contributed by atoms with Crippen LogP contribution in [-0.2, 0) is 21.1 Å². The van der Waals surface area contributed by atoms with E-state index >= 15 is 0 Å².